The van der Waals surface area contributed by atoms with Crippen molar-refractivity contribution < 1.29 is 4.12 Å². The average molecular weight is 371 g/mol. The van der Waals surface area contributed by atoms with E-state index in [1.54, 1.807) is 0 Å². The van der Waals surface area contributed by atoms with Crippen LogP contribution in [0.4, 0.5) is 0 Å². The van der Waals surface area contributed by atoms with Gasteiger partial charge in [0.25, 0.3) is 0 Å². The van der Waals surface area contributed by atoms with Gasteiger partial charge in [-0.15, -0.1) is 6.42 Å². The van der Waals surface area contributed by atoms with E-state index in [1.165, 1.54) is 30.5 Å². The topological polar surface area (TPSA) is 9.23 Å². The van der Waals surface area contributed by atoms with Crippen molar-refractivity contribution >= 4 is 21.8 Å². The zero-order valence-corrected chi connectivity index (χ0v) is 18.9. The fraction of sp³-hybridized carbons (Fsp3) is 0.636. The van der Waals surface area contributed by atoms with Crippen LogP contribution >= 0.6 is 0 Å². The molecule has 25 heavy (non-hydrogen) atoms. The molecule has 3 aliphatic carbocycles. The van der Waals surface area contributed by atoms with Crippen LogP contribution in [0, 0.1) is 35.5 Å². The van der Waals surface area contributed by atoms with Gasteiger partial charge in [0.15, 0.2) is 8.32 Å². The van der Waals surface area contributed by atoms with Crippen molar-refractivity contribution in [3.05, 3.63) is 29.8 Å². The first kappa shape index (κ1) is 18.9. The van der Waals surface area contributed by atoms with Crippen LogP contribution in [0.3, 0.4) is 0 Å². The molecular weight excluding hydrogens is 336 g/mol. The molecule has 2 bridgehead atoms. The lowest BCUT2D eigenvalue weighted by Crippen LogP contribution is -2.56. The Bertz CT molecular complexity index is 664. The van der Waals surface area contributed by atoms with Crippen molar-refractivity contribution in [2.75, 3.05) is 0 Å². The van der Waals surface area contributed by atoms with Gasteiger partial charge in [-0.05, 0) is 85.6 Å². The summed E-state index contributed by atoms with van der Waals surface area (Å²) >= 11 is 0. The Morgan fingerprint density at radius 1 is 1.12 bits per heavy atom. The molecule has 0 N–H and O–H groups in total. The van der Waals surface area contributed by atoms with E-state index < -0.39 is 16.6 Å². The number of hydrogen-bond acceptors (Lipinski definition) is 1. The molecule has 0 radical (unpaired) electrons. The lowest BCUT2D eigenvalue weighted by Gasteiger charge is -2.61. The van der Waals surface area contributed by atoms with Crippen LogP contribution in [0.15, 0.2) is 24.3 Å². The minimum atomic E-state index is -1.89. The maximum atomic E-state index is 6.95. The van der Waals surface area contributed by atoms with Crippen molar-refractivity contribution in [1.82, 2.24) is 0 Å². The predicted octanol–water partition coefficient (Wildman–Crippen LogP) is 5.37. The highest BCUT2D eigenvalue weighted by molar-refractivity contribution is 6.92. The highest BCUT2D eigenvalue weighted by atomic mass is 28.4. The minimum absolute atomic E-state index is 0.575. The van der Waals surface area contributed by atoms with Gasteiger partial charge in [-0.3, -0.25) is 0 Å². The molecule has 3 atom stereocenters. The number of fused-ring (bicyclic) bond motifs is 2. The minimum Gasteiger partial charge on any atom is -0.452 e. The third-order valence-corrected chi connectivity index (χ3v) is 14.5. The third kappa shape index (κ3) is 3.67. The van der Waals surface area contributed by atoms with Crippen LogP contribution < -0.4 is 5.19 Å². The summed E-state index contributed by atoms with van der Waals surface area (Å²) < 4.78 is 6.95. The molecule has 3 fully saturated rings. The lowest BCUT2D eigenvalue weighted by atomic mass is 9.46. The maximum absolute atomic E-state index is 6.95. The van der Waals surface area contributed by atoms with E-state index in [4.69, 9.17) is 10.5 Å². The summed E-state index contributed by atoms with van der Waals surface area (Å²) in [4.78, 5) is 0. The lowest BCUT2D eigenvalue weighted by molar-refractivity contribution is -0.0995. The molecule has 3 unspecified atom stereocenters. The molecule has 3 heteroatoms. The van der Waals surface area contributed by atoms with Gasteiger partial charge in [-0.2, -0.15) is 0 Å². The van der Waals surface area contributed by atoms with Gasteiger partial charge >= 0.3 is 0 Å². The van der Waals surface area contributed by atoms with E-state index in [0.717, 1.165) is 23.3 Å². The van der Waals surface area contributed by atoms with Crippen molar-refractivity contribution in [2.45, 2.75) is 65.3 Å². The summed E-state index contributed by atoms with van der Waals surface area (Å²) in [5.41, 5.74) is 1.53. The van der Waals surface area contributed by atoms with Gasteiger partial charge < -0.3 is 4.12 Å². The van der Waals surface area contributed by atoms with E-state index in [9.17, 15) is 0 Å². The summed E-state index contributed by atoms with van der Waals surface area (Å²) in [5, 5.41) is 1.36. The monoisotopic (exact) mass is 370 g/mol. The normalized spacial score (nSPS) is 28.1. The molecule has 3 saturated carbocycles. The van der Waals surface area contributed by atoms with Crippen LogP contribution in [0.5, 0.6) is 0 Å². The van der Waals surface area contributed by atoms with E-state index in [1.807, 2.05) is 0 Å². The van der Waals surface area contributed by atoms with Gasteiger partial charge in [0.05, 0.1) is 0 Å². The van der Waals surface area contributed by atoms with E-state index >= 15 is 0 Å². The highest BCUT2D eigenvalue weighted by Gasteiger charge is 2.55. The fourth-order valence-corrected chi connectivity index (χ4v) is 14.6. The van der Waals surface area contributed by atoms with Crippen LogP contribution in [-0.4, -0.2) is 16.6 Å². The summed E-state index contributed by atoms with van der Waals surface area (Å²) in [5.74, 6) is 5.51. The van der Waals surface area contributed by atoms with Gasteiger partial charge in [-0.1, -0.05) is 38.3 Å². The SMILES string of the molecule is C#Cc1ccc([Si](C)(C)O[Si](C)(C)CC2CCC3CC2C3(C)C)cc1. The number of terminal acetylenes is 1. The van der Waals surface area contributed by atoms with Crippen LogP contribution in [0.2, 0.25) is 32.2 Å². The molecule has 0 saturated heterocycles. The maximum Gasteiger partial charge on any atom is 0.205 e. The Morgan fingerprint density at radius 3 is 2.28 bits per heavy atom. The Labute approximate surface area is 156 Å². The van der Waals surface area contributed by atoms with Gasteiger partial charge in [-0.25, -0.2) is 0 Å². The number of rotatable bonds is 5. The largest absolute Gasteiger partial charge is 0.452 e. The first-order chi connectivity index (χ1) is 11.5. The molecule has 3 aliphatic rings. The van der Waals surface area contributed by atoms with Gasteiger partial charge in [0.1, 0.15) is 0 Å². The van der Waals surface area contributed by atoms with Crippen LogP contribution in [0.1, 0.15) is 38.7 Å². The van der Waals surface area contributed by atoms with Gasteiger partial charge in [0, 0.05) is 5.56 Å². The smallest absolute Gasteiger partial charge is 0.205 e. The van der Waals surface area contributed by atoms with Crippen molar-refractivity contribution in [1.29, 1.82) is 0 Å². The van der Waals surface area contributed by atoms with E-state index in [-0.39, 0.29) is 0 Å². The van der Waals surface area contributed by atoms with Crippen molar-refractivity contribution in [3.63, 3.8) is 0 Å². The molecule has 1 aromatic carbocycles. The standard InChI is InChI=1S/C22H34OSi2/c1-8-17-9-13-20(14-10-17)25(6,7)23-24(4,5)16-18-11-12-19-15-21(18)22(19,2)3/h1,9-10,13-14,18-19,21H,11-12,15-16H2,2-7H3. The second kappa shape index (κ2) is 6.41. The zero-order valence-electron chi connectivity index (χ0n) is 16.9. The van der Waals surface area contributed by atoms with Crippen LogP contribution in [0.25, 0.3) is 0 Å². The first-order valence-electron chi connectivity index (χ1n) is 9.82. The number of benzene rings is 1. The second-order valence-electron chi connectivity index (χ2n) is 10.00. The highest BCUT2D eigenvalue weighted by Crippen LogP contribution is 2.62. The third-order valence-electron chi connectivity index (χ3n) is 7.03. The molecule has 4 rings (SSSR count). The Balaban J connectivity index is 1.68. The number of hydrogen-bond donors (Lipinski definition) is 0. The molecule has 0 aliphatic heterocycles. The fourth-order valence-electron chi connectivity index (χ4n) is 5.60. The Morgan fingerprint density at radius 2 is 1.76 bits per heavy atom. The summed E-state index contributed by atoms with van der Waals surface area (Å²) in [6.45, 7) is 14.6. The van der Waals surface area contributed by atoms with Crippen molar-refractivity contribution in [2.24, 2.45) is 23.2 Å². The molecule has 0 heterocycles. The molecule has 1 aromatic rings. The molecule has 136 valence electrons. The summed E-state index contributed by atoms with van der Waals surface area (Å²) in [6, 6.07) is 9.81. The molecule has 0 amide bonds. The molecule has 0 spiro atoms. The molecule has 1 nitrogen and oxygen atoms in total. The Kier molecular flexibility index (Phi) is 4.86. The molecular formula is C22H34OSi2. The van der Waals surface area contributed by atoms with E-state index in [2.05, 4.69) is 70.2 Å². The summed E-state index contributed by atoms with van der Waals surface area (Å²) in [6.07, 6.45) is 9.82. The van der Waals surface area contributed by atoms with Crippen molar-refractivity contribution in [3.8, 4) is 12.3 Å². The quantitative estimate of drug-likeness (QED) is 0.500. The molecule has 0 aromatic heterocycles. The zero-order chi connectivity index (χ0) is 18.5. The van der Waals surface area contributed by atoms with Gasteiger partial charge in [0.2, 0.25) is 8.32 Å². The van der Waals surface area contributed by atoms with Crippen LogP contribution in [-0.2, 0) is 4.12 Å². The second-order valence-corrected chi connectivity index (χ2v) is 18.3. The summed E-state index contributed by atoms with van der Waals surface area (Å²) in [7, 11) is -3.58. The first-order valence-corrected chi connectivity index (χ1v) is 15.8. The average Bonchev–Trinajstić information content (AvgIpc) is 2.53. The Hall–Kier alpha value is -0.826. The predicted molar refractivity (Wildman–Crippen MR) is 113 cm³/mol. The van der Waals surface area contributed by atoms with E-state index in [0.29, 0.717) is 5.41 Å².